The molecule has 0 spiro atoms. The first-order valence-electron chi connectivity index (χ1n) is 7.16. The van der Waals surface area contributed by atoms with E-state index in [1.165, 1.54) is 0 Å². The molecule has 0 saturated carbocycles. The Labute approximate surface area is 139 Å². The van der Waals surface area contributed by atoms with Crippen molar-refractivity contribution in [3.63, 3.8) is 0 Å². The molecular weight excluding hydrogens is 321 g/mol. The highest BCUT2D eigenvalue weighted by Crippen LogP contribution is 2.23. The molecule has 2 aromatic heterocycles. The van der Waals surface area contributed by atoms with Gasteiger partial charge >= 0.3 is 0 Å². The van der Waals surface area contributed by atoms with Crippen LogP contribution in [0.5, 0.6) is 0 Å². The molecule has 0 amide bonds. The number of nitrogens with zero attached hydrogens (tertiary/aromatic N) is 5. The van der Waals surface area contributed by atoms with Crippen molar-refractivity contribution in [3.05, 3.63) is 39.6 Å². The van der Waals surface area contributed by atoms with Crippen molar-refractivity contribution in [2.45, 2.75) is 13.8 Å². The van der Waals surface area contributed by atoms with Crippen molar-refractivity contribution < 1.29 is 0 Å². The van der Waals surface area contributed by atoms with E-state index >= 15 is 0 Å². The fraction of sp³-hybridized carbons (Fsp3) is 0.400. The van der Waals surface area contributed by atoms with Gasteiger partial charge in [-0.3, -0.25) is 0 Å². The van der Waals surface area contributed by atoms with Crippen LogP contribution in [-0.2, 0) is 0 Å². The van der Waals surface area contributed by atoms with Crippen LogP contribution < -0.4 is 9.80 Å². The van der Waals surface area contributed by atoms with E-state index in [1.54, 1.807) is 6.20 Å². The average Bonchev–Trinajstić information content (AvgIpc) is 2.50. The number of halogens is 2. The lowest BCUT2D eigenvalue weighted by Gasteiger charge is -2.36. The molecule has 0 radical (unpaired) electrons. The monoisotopic (exact) mass is 337 g/mol. The number of anilines is 2. The van der Waals surface area contributed by atoms with Gasteiger partial charge in [-0.25, -0.2) is 4.98 Å². The van der Waals surface area contributed by atoms with E-state index in [2.05, 4.69) is 25.0 Å². The standard InChI is InChI=1S/C15H17Cl2N5/c1-10-8-13(19-20-14(10)17)21-3-5-22(6-4-21)15-11(2)7-12(16)9-18-15/h7-9H,3-6H2,1-2H3. The second-order valence-corrected chi connectivity index (χ2v) is 6.24. The molecule has 0 atom stereocenters. The summed E-state index contributed by atoms with van der Waals surface area (Å²) in [7, 11) is 0. The normalized spacial score (nSPS) is 15.3. The van der Waals surface area contributed by atoms with E-state index in [4.69, 9.17) is 23.2 Å². The van der Waals surface area contributed by atoms with Gasteiger partial charge < -0.3 is 9.80 Å². The summed E-state index contributed by atoms with van der Waals surface area (Å²) in [5.41, 5.74) is 2.05. The molecule has 0 aliphatic carbocycles. The van der Waals surface area contributed by atoms with Gasteiger partial charge in [0.1, 0.15) is 5.82 Å². The van der Waals surface area contributed by atoms with Crippen molar-refractivity contribution in [1.82, 2.24) is 15.2 Å². The van der Waals surface area contributed by atoms with Crippen molar-refractivity contribution >= 4 is 34.8 Å². The molecule has 22 heavy (non-hydrogen) atoms. The maximum Gasteiger partial charge on any atom is 0.154 e. The molecule has 5 nitrogen and oxygen atoms in total. The van der Waals surface area contributed by atoms with E-state index in [-0.39, 0.29) is 0 Å². The summed E-state index contributed by atoms with van der Waals surface area (Å²) >= 11 is 11.9. The molecule has 1 saturated heterocycles. The first-order valence-corrected chi connectivity index (χ1v) is 7.92. The predicted molar refractivity (Wildman–Crippen MR) is 90.2 cm³/mol. The third-order valence-electron chi connectivity index (χ3n) is 3.83. The van der Waals surface area contributed by atoms with E-state index in [0.29, 0.717) is 10.2 Å². The number of rotatable bonds is 2. The van der Waals surface area contributed by atoms with Gasteiger partial charge in [0.2, 0.25) is 0 Å². The van der Waals surface area contributed by atoms with Gasteiger partial charge in [0.25, 0.3) is 0 Å². The highest BCUT2D eigenvalue weighted by atomic mass is 35.5. The first kappa shape index (κ1) is 15.3. The Balaban J connectivity index is 1.70. The summed E-state index contributed by atoms with van der Waals surface area (Å²) in [5.74, 6) is 1.88. The van der Waals surface area contributed by atoms with Gasteiger partial charge in [0.15, 0.2) is 11.0 Å². The fourth-order valence-corrected chi connectivity index (χ4v) is 2.93. The summed E-state index contributed by atoms with van der Waals surface area (Å²) in [5, 5.41) is 9.30. The molecule has 7 heteroatoms. The first-order chi connectivity index (χ1) is 10.5. The molecular formula is C15H17Cl2N5. The third kappa shape index (κ3) is 3.10. The Morgan fingerprint density at radius 1 is 0.909 bits per heavy atom. The Morgan fingerprint density at radius 3 is 2.23 bits per heavy atom. The fourth-order valence-electron chi connectivity index (χ4n) is 2.62. The molecule has 1 aliphatic heterocycles. The number of hydrogen-bond donors (Lipinski definition) is 0. The number of pyridine rings is 1. The Morgan fingerprint density at radius 2 is 1.59 bits per heavy atom. The zero-order valence-electron chi connectivity index (χ0n) is 12.6. The van der Waals surface area contributed by atoms with Crippen LogP contribution in [-0.4, -0.2) is 41.4 Å². The minimum Gasteiger partial charge on any atom is -0.353 e. The summed E-state index contributed by atoms with van der Waals surface area (Å²) in [6.07, 6.45) is 1.70. The maximum atomic E-state index is 5.97. The zero-order valence-corrected chi connectivity index (χ0v) is 14.1. The van der Waals surface area contributed by atoms with E-state index in [1.807, 2.05) is 26.0 Å². The molecule has 3 rings (SSSR count). The molecule has 1 fully saturated rings. The minimum atomic E-state index is 0.461. The Bertz CT molecular complexity index is 684. The number of aromatic nitrogens is 3. The smallest absolute Gasteiger partial charge is 0.154 e. The molecule has 1 aliphatic rings. The molecule has 0 bridgehead atoms. The number of piperazine rings is 1. The van der Waals surface area contributed by atoms with Gasteiger partial charge in [-0.2, -0.15) is 0 Å². The summed E-state index contributed by atoms with van der Waals surface area (Å²) < 4.78 is 0. The molecule has 116 valence electrons. The van der Waals surface area contributed by atoms with Crippen LogP contribution in [0.2, 0.25) is 10.2 Å². The van der Waals surface area contributed by atoms with Gasteiger partial charge in [0, 0.05) is 32.4 Å². The van der Waals surface area contributed by atoms with E-state index in [0.717, 1.165) is 48.9 Å². The van der Waals surface area contributed by atoms with Gasteiger partial charge in [0.05, 0.1) is 5.02 Å². The van der Waals surface area contributed by atoms with Crippen LogP contribution >= 0.6 is 23.2 Å². The topological polar surface area (TPSA) is 45.2 Å². The average molecular weight is 338 g/mol. The lowest BCUT2D eigenvalue weighted by molar-refractivity contribution is 0.636. The summed E-state index contributed by atoms with van der Waals surface area (Å²) in [6.45, 7) is 7.50. The van der Waals surface area contributed by atoms with E-state index in [9.17, 15) is 0 Å². The number of aryl methyl sites for hydroxylation is 2. The van der Waals surface area contributed by atoms with Crippen LogP contribution in [0.25, 0.3) is 0 Å². The number of hydrogen-bond acceptors (Lipinski definition) is 5. The summed E-state index contributed by atoms with van der Waals surface area (Å²) in [6, 6.07) is 3.93. The molecule has 0 unspecified atom stereocenters. The largest absolute Gasteiger partial charge is 0.353 e. The predicted octanol–water partition coefficient (Wildman–Crippen LogP) is 3.12. The molecule has 0 aromatic carbocycles. The van der Waals surface area contributed by atoms with Crippen LogP contribution in [0.3, 0.4) is 0 Å². The lowest BCUT2D eigenvalue weighted by Crippen LogP contribution is -2.47. The molecule has 0 N–H and O–H groups in total. The van der Waals surface area contributed by atoms with Crippen molar-refractivity contribution in [2.24, 2.45) is 0 Å². The quantitative estimate of drug-likeness (QED) is 0.842. The van der Waals surface area contributed by atoms with Gasteiger partial charge in [-0.15, -0.1) is 10.2 Å². The summed E-state index contributed by atoms with van der Waals surface area (Å²) in [4.78, 5) is 8.95. The highest BCUT2D eigenvalue weighted by Gasteiger charge is 2.21. The second kappa shape index (κ2) is 6.26. The van der Waals surface area contributed by atoms with Crippen LogP contribution in [0.15, 0.2) is 18.3 Å². The van der Waals surface area contributed by atoms with Crippen LogP contribution in [0, 0.1) is 13.8 Å². The molecule has 2 aromatic rings. The van der Waals surface area contributed by atoms with Gasteiger partial charge in [-0.1, -0.05) is 23.2 Å². The van der Waals surface area contributed by atoms with Crippen molar-refractivity contribution in [2.75, 3.05) is 36.0 Å². The Hall–Kier alpha value is -1.59. The van der Waals surface area contributed by atoms with Crippen LogP contribution in [0.4, 0.5) is 11.6 Å². The SMILES string of the molecule is Cc1cc(N2CCN(c3ncc(Cl)cc3C)CC2)nnc1Cl. The van der Waals surface area contributed by atoms with Crippen LogP contribution in [0.1, 0.15) is 11.1 Å². The minimum absolute atomic E-state index is 0.461. The van der Waals surface area contributed by atoms with Gasteiger partial charge in [-0.05, 0) is 37.1 Å². The van der Waals surface area contributed by atoms with Crippen molar-refractivity contribution in [3.8, 4) is 0 Å². The third-order valence-corrected chi connectivity index (χ3v) is 4.41. The van der Waals surface area contributed by atoms with E-state index < -0.39 is 0 Å². The van der Waals surface area contributed by atoms with Crippen molar-refractivity contribution in [1.29, 1.82) is 0 Å². The molecule has 3 heterocycles. The lowest BCUT2D eigenvalue weighted by atomic mass is 10.2. The second-order valence-electron chi connectivity index (χ2n) is 5.44. The maximum absolute atomic E-state index is 5.97. The zero-order chi connectivity index (χ0) is 15.7. The highest BCUT2D eigenvalue weighted by molar-refractivity contribution is 6.30. The Kier molecular flexibility index (Phi) is 4.36.